The number of carboxylic acids is 1. The number of aliphatic carboxylic acids is 1. The topological polar surface area (TPSA) is 66.4 Å². The maximum atomic E-state index is 11.2. The van der Waals surface area contributed by atoms with Gasteiger partial charge >= 0.3 is 5.97 Å². The van der Waals surface area contributed by atoms with Gasteiger partial charge in [-0.15, -0.1) is 0 Å². The van der Waals surface area contributed by atoms with E-state index in [0.29, 0.717) is 0 Å². The first-order chi connectivity index (χ1) is 7.08. The summed E-state index contributed by atoms with van der Waals surface area (Å²) in [7, 11) is 0. The van der Waals surface area contributed by atoms with Crippen LogP contribution in [0, 0.1) is 5.92 Å². The van der Waals surface area contributed by atoms with Crippen molar-refractivity contribution in [3.63, 3.8) is 0 Å². The molecule has 0 aromatic rings. The van der Waals surface area contributed by atoms with Gasteiger partial charge in [-0.2, -0.15) is 0 Å². The molecule has 0 aromatic heterocycles. The van der Waals surface area contributed by atoms with Gasteiger partial charge in [0.25, 0.3) is 0 Å². The van der Waals surface area contributed by atoms with E-state index >= 15 is 0 Å². The van der Waals surface area contributed by atoms with Crippen molar-refractivity contribution in [1.82, 2.24) is 5.32 Å². The van der Waals surface area contributed by atoms with E-state index < -0.39 is 5.97 Å². The van der Waals surface area contributed by atoms with Crippen molar-refractivity contribution in [1.29, 1.82) is 0 Å². The van der Waals surface area contributed by atoms with Gasteiger partial charge < -0.3 is 10.4 Å². The lowest BCUT2D eigenvalue weighted by Gasteiger charge is -2.26. The summed E-state index contributed by atoms with van der Waals surface area (Å²) in [6, 6.07) is 0.215. The third kappa shape index (κ3) is 4.63. The summed E-state index contributed by atoms with van der Waals surface area (Å²) >= 11 is 0. The summed E-state index contributed by atoms with van der Waals surface area (Å²) in [6.45, 7) is 2.21. The molecule has 1 aliphatic rings. The van der Waals surface area contributed by atoms with E-state index in [0.717, 1.165) is 43.8 Å². The van der Waals surface area contributed by atoms with Crippen molar-refractivity contribution < 1.29 is 14.7 Å². The highest BCUT2D eigenvalue weighted by atomic mass is 16.4. The fourth-order valence-electron chi connectivity index (χ4n) is 1.80. The first-order valence-electron chi connectivity index (χ1n) is 5.29. The molecule has 0 bridgehead atoms. The zero-order valence-corrected chi connectivity index (χ0v) is 8.90. The lowest BCUT2D eigenvalue weighted by molar-refractivity contribution is -0.131. The SMILES string of the molecule is CC1CCC(NC(=O)/C=C/C(=O)O)CC1. The molecule has 0 unspecified atom stereocenters. The van der Waals surface area contributed by atoms with E-state index in [1.54, 1.807) is 0 Å². The smallest absolute Gasteiger partial charge is 0.328 e. The Bertz CT molecular complexity index is 265. The molecule has 1 aliphatic carbocycles. The minimum atomic E-state index is -1.09. The number of amides is 1. The summed E-state index contributed by atoms with van der Waals surface area (Å²) < 4.78 is 0. The van der Waals surface area contributed by atoms with Crippen molar-refractivity contribution >= 4 is 11.9 Å². The van der Waals surface area contributed by atoms with Gasteiger partial charge in [0.05, 0.1) is 0 Å². The van der Waals surface area contributed by atoms with Crippen LogP contribution in [0.2, 0.25) is 0 Å². The average molecular weight is 211 g/mol. The van der Waals surface area contributed by atoms with Crippen LogP contribution in [0.3, 0.4) is 0 Å². The highest BCUT2D eigenvalue weighted by molar-refractivity contribution is 5.93. The van der Waals surface area contributed by atoms with Crippen LogP contribution >= 0.6 is 0 Å². The Morgan fingerprint density at radius 1 is 1.20 bits per heavy atom. The van der Waals surface area contributed by atoms with E-state index in [4.69, 9.17) is 5.11 Å². The number of hydrogen-bond acceptors (Lipinski definition) is 2. The van der Waals surface area contributed by atoms with E-state index in [-0.39, 0.29) is 11.9 Å². The Hall–Kier alpha value is -1.32. The number of carbonyl (C=O) groups excluding carboxylic acids is 1. The van der Waals surface area contributed by atoms with Crippen LogP contribution in [0.5, 0.6) is 0 Å². The molecular weight excluding hydrogens is 194 g/mol. The molecule has 0 radical (unpaired) electrons. The molecule has 0 atom stereocenters. The summed E-state index contributed by atoms with van der Waals surface area (Å²) in [4.78, 5) is 21.4. The summed E-state index contributed by atoms with van der Waals surface area (Å²) in [5.74, 6) is -0.660. The Kier molecular flexibility index (Phi) is 4.34. The molecule has 84 valence electrons. The van der Waals surface area contributed by atoms with Crippen molar-refractivity contribution in [2.75, 3.05) is 0 Å². The number of carboxylic acid groups (broad SMARTS) is 1. The van der Waals surface area contributed by atoms with Crippen molar-refractivity contribution in [3.8, 4) is 0 Å². The van der Waals surface area contributed by atoms with Gasteiger partial charge in [0, 0.05) is 18.2 Å². The number of nitrogens with one attached hydrogen (secondary N) is 1. The molecule has 0 aliphatic heterocycles. The van der Waals surface area contributed by atoms with Gasteiger partial charge in [-0.25, -0.2) is 4.79 Å². The van der Waals surface area contributed by atoms with E-state index in [2.05, 4.69) is 12.2 Å². The molecule has 1 amide bonds. The predicted molar refractivity (Wildman–Crippen MR) is 56.3 cm³/mol. The van der Waals surface area contributed by atoms with Gasteiger partial charge in [-0.1, -0.05) is 6.92 Å². The Morgan fingerprint density at radius 2 is 1.80 bits per heavy atom. The summed E-state index contributed by atoms with van der Waals surface area (Å²) in [5.41, 5.74) is 0. The fraction of sp³-hybridized carbons (Fsp3) is 0.636. The highest BCUT2D eigenvalue weighted by Gasteiger charge is 2.18. The maximum Gasteiger partial charge on any atom is 0.328 e. The van der Waals surface area contributed by atoms with E-state index in [1.165, 1.54) is 0 Å². The van der Waals surface area contributed by atoms with Crippen LogP contribution in [0.4, 0.5) is 0 Å². The molecule has 4 heteroatoms. The van der Waals surface area contributed by atoms with Crippen molar-refractivity contribution in [2.45, 2.75) is 38.6 Å². The molecule has 2 N–H and O–H groups in total. The predicted octanol–water partition coefficient (Wildman–Crippen LogP) is 1.32. The molecule has 0 aromatic carbocycles. The number of hydrogen-bond donors (Lipinski definition) is 2. The Morgan fingerprint density at radius 3 is 2.33 bits per heavy atom. The van der Waals surface area contributed by atoms with Crippen LogP contribution < -0.4 is 5.32 Å². The maximum absolute atomic E-state index is 11.2. The van der Waals surface area contributed by atoms with E-state index in [1.807, 2.05) is 0 Å². The minimum absolute atomic E-state index is 0.215. The Balaban J connectivity index is 2.29. The van der Waals surface area contributed by atoms with Crippen molar-refractivity contribution in [3.05, 3.63) is 12.2 Å². The third-order valence-corrected chi connectivity index (χ3v) is 2.74. The van der Waals surface area contributed by atoms with Gasteiger partial charge in [0.2, 0.25) is 5.91 Å². The lowest BCUT2D eigenvalue weighted by Crippen LogP contribution is -2.36. The molecule has 4 nitrogen and oxygen atoms in total. The molecule has 15 heavy (non-hydrogen) atoms. The largest absolute Gasteiger partial charge is 0.478 e. The zero-order valence-electron chi connectivity index (χ0n) is 8.90. The van der Waals surface area contributed by atoms with Gasteiger partial charge in [-0.05, 0) is 31.6 Å². The van der Waals surface area contributed by atoms with Crippen LogP contribution in [0.15, 0.2) is 12.2 Å². The molecular formula is C11H17NO3. The number of carbonyl (C=O) groups is 2. The molecule has 1 saturated carbocycles. The minimum Gasteiger partial charge on any atom is -0.478 e. The summed E-state index contributed by atoms with van der Waals surface area (Å²) in [6.07, 6.45) is 6.18. The highest BCUT2D eigenvalue weighted by Crippen LogP contribution is 2.23. The Labute approximate surface area is 89.4 Å². The van der Waals surface area contributed by atoms with Gasteiger partial charge in [0.1, 0.15) is 0 Å². The van der Waals surface area contributed by atoms with Crippen LogP contribution in [0.25, 0.3) is 0 Å². The normalized spacial score (nSPS) is 26.5. The summed E-state index contributed by atoms with van der Waals surface area (Å²) in [5, 5.41) is 11.1. The molecule has 0 heterocycles. The van der Waals surface area contributed by atoms with Gasteiger partial charge in [0.15, 0.2) is 0 Å². The first kappa shape index (κ1) is 11.8. The molecule has 1 rings (SSSR count). The van der Waals surface area contributed by atoms with Crippen LogP contribution in [-0.2, 0) is 9.59 Å². The van der Waals surface area contributed by atoms with Crippen LogP contribution in [-0.4, -0.2) is 23.0 Å². The first-order valence-corrected chi connectivity index (χ1v) is 5.29. The van der Waals surface area contributed by atoms with E-state index in [9.17, 15) is 9.59 Å². The zero-order chi connectivity index (χ0) is 11.3. The molecule has 0 spiro atoms. The number of rotatable bonds is 3. The standard InChI is InChI=1S/C11H17NO3/c1-8-2-4-9(5-3-8)12-10(13)6-7-11(14)15/h6-9H,2-5H2,1H3,(H,12,13)(H,14,15)/b7-6+. The third-order valence-electron chi connectivity index (χ3n) is 2.74. The molecule has 1 fully saturated rings. The van der Waals surface area contributed by atoms with Crippen LogP contribution in [0.1, 0.15) is 32.6 Å². The fourth-order valence-corrected chi connectivity index (χ4v) is 1.80. The quantitative estimate of drug-likeness (QED) is 0.692. The lowest BCUT2D eigenvalue weighted by atomic mass is 9.87. The molecule has 0 saturated heterocycles. The second-order valence-corrected chi connectivity index (χ2v) is 4.14. The monoisotopic (exact) mass is 211 g/mol. The second-order valence-electron chi connectivity index (χ2n) is 4.14. The average Bonchev–Trinajstić information content (AvgIpc) is 2.19. The second kappa shape index (κ2) is 5.53. The van der Waals surface area contributed by atoms with Gasteiger partial charge in [-0.3, -0.25) is 4.79 Å². The van der Waals surface area contributed by atoms with Crippen molar-refractivity contribution in [2.24, 2.45) is 5.92 Å².